The van der Waals surface area contributed by atoms with Crippen LogP contribution < -0.4 is 4.74 Å². The third kappa shape index (κ3) is 5.58. The van der Waals surface area contributed by atoms with E-state index in [4.69, 9.17) is 9.84 Å². The molecule has 158 valence electrons. The number of hydrogen-bond donors (Lipinski definition) is 1. The summed E-state index contributed by atoms with van der Waals surface area (Å²) in [5, 5.41) is 8.71. The molecule has 0 fully saturated rings. The van der Waals surface area contributed by atoms with E-state index in [1.807, 2.05) is 26.0 Å². The number of aryl methyl sites for hydroxylation is 2. The maximum Gasteiger partial charge on any atom is 0.416 e. The number of carboxylic acids is 1. The third-order valence-corrected chi connectivity index (χ3v) is 6.83. The van der Waals surface area contributed by atoms with E-state index in [1.54, 1.807) is 29.2 Å². The Morgan fingerprint density at radius 3 is 2.37 bits per heavy atom. The molecule has 1 heterocycles. The van der Waals surface area contributed by atoms with E-state index in [0.717, 1.165) is 49.2 Å². The van der Waals surface area contributed by atoms with Crippen LogP contribution in [0.15, 0.2) is 53.4 Å². The largest absolute Gasteiger partial charge is 0.482 e. The average molecular weight is 453 g/mol. The molecule has 1 N–H and O–H groups in total. The molecule has 3 aromatic rings. The quantitative estimate of drug-likeness (QED) is 0.400. The van der Waals surface area contributed by atoms with Crippen LogP contribution in [0.4, 0.5) is 13.2 Å². The van der Waals surface area contributed by atoms with Gasteiger partial charge in [0.1, 0.15) is 5.75 Å². The first-order chi connectivity index (χ1) is 14.1. The van der Waals surface area contributed by atoms with E-state index in [2.05, 4.69) is 6.07 Å². The number of hydrogen-bond acceptors (Lipinski definition) is 4. The minimum Gasteiger partial charge on any atom is -0.482 e. The average Bonchev–Trinajstić information content (AvgIpc) is 3.05. The van der Waals surface area contributed by atoms with Gasteiger partial charge in [-0.1, -0.05) is 12.1 Å². The molecule has 2 aromatic carbocycles. The Balaban J connectivity index is 1.68. The van der Waals surface area contributed by atoms with Gasteiger partial charge in [-0.25, -0.2) is 4.79 Å². The van der Waals surface area contributed by atoms with Crippen LogP contribution in [0, 0.1) is 13.8 Å². The van der Waals surface area contributed by atoms with Gasteiger partial charge < -0.3 is 9.84 Å². The highest BCUT2D eigenvalue weighted by atomic mass is 32.2. The molecule has 0 radical (unpaired) electrons. The van der Waals surface area contributed by atoms with E-state index in [9.17, 15) is 18.0 Å². The second-order valence-corrected chi connectivity index (χ2v) is 8.88. The molecule has 0 aliphatic heterocycles. The van der Waals surface area contributed by atoms with Gasteiger partial charge in [0.25, 0.3) is 0 Å². The van der Waals surface area contributed by atoms with Crippen LogP contribution in [0.1, 0.15) is 21.6 Å². The number of rotatable bonds is 7. The van der Waals surface area contributed by atoms with Gasteiger partial charge >= 0.3 is 12.1 Å². The molecule has 30 heavy (non-hydrogen) atoms. The van der Waals surface area contributed by atoms with Crippen LogP contribution in [0.5, 0.6) is 5.75 Å². The molecule has 0 unspecified atom stereocenters. The first-order valence-electron chi connectivity index (χ1n) is 8.98. The second kappa shape index (κ2) is 9.14. The summed E-state index contributed by atoms with van der Waals surface area (Å²) in [6.07, 6.45) is -4.34. The molecule has 0 bridgehead atoms. The molecule has 0 aliphatic rings. The van der Waals surface area contributed by atoms with Gasteiger partial charge in [0.2, 0.25) is 0 Å². The van der Waals surface area contributed by atoms with Crippen molar-refractivity contribution in [3.05, 3.63) is 70.1 Å². The zero-order valence-corrected chi connectivity index (χ0v) is 17.9. The van der Waals surface area contributed by atoms with E-state index in [1.165, 1.54) is 12.1 Å². The number of ether oxygens (including phenoxy) is 1. The SMILES string of the molecule is Cc1cc(SCc2cc(C)c(-c3ccc(C(F)(F)F)cc3)s2)ccc1OCC(=O)O. The molecule has 0 amide bonds. The fourth-order valence-electron chi connectivity index (χ4n) is 2.88. The summed E-state index contributed by atoms with van der Waals surface area (Å²) in [6, 6.07) is 12.9. The monoisotopic (exact) mass is 452 g/mol. The van der Waals surface area contributed by atoms with Crippen molar-refractivity contribution in [3.8, 4) is 16.2 Å². The van der Waals surface area contributed by atoms with Crippen molar-refractivity contribution in [2.24, 2.45) is 0 Å². The highest BCUT2D eigenvalue weighted by Gasteiger charge is 2.30. The van der Waals surface area contributed by atoms with Crippen LogP contribution in [-0.4, -0.2) is 17.7 Å². The van der Waals surface area contributed by atoms with Crippen LogP contribution in [0.3, 0.4) is 0 Å². The Morgan fingerprint density at radius 2 is 1.77 bits per heavy atom. The molecule has 3 nitrogen and oxygen atoms in total. The number of thiophene rings is 1. The fraction of sp³-hybridized carbons (Fsp3) is 0.227. The summed E-state index contributed by atoms with van der Waals surface area (Å²) in [5.74, 6) is 0.240. The van der Waals surface area contributed by atoms with Crippen molar-refractivity contribution in [3.63, 3.8) is 0 Å². The van der Waals surface area contributed by atoms with Crippen molar-refractivity contribution in [2.75, 3.05) is 6.61 Å². The topological polar surface area (TPSA) is 46.5 Å². The van der Waals surface area contributed by atoms with Gasteiger partial charge in [0.05, 0.1) is 5.56 Å². The minimum absolute atomic E-state index is 0.380. The summed E-state index contributed by atoms with van der Waals surface area (Å²) >= 11 is 3.21. The van der Waals surface area contributed by atoms with Crippen LogP contribution in [-0.2, 0) is 16.7 Å². The van der Waals surface area contributed by atoms with Crippen molar-refractivity contribution >= 4 is 29.1 Å². The first kappa shape index (κ1) is 22.2. The van der Waals surface area contributed by atoms with Gasteiger partial charge in [0.15, 0.2) is 6.61 Å². The molecule has 0 saturated carbocycles. The van der Waals surface area contributed by atoms with Crippen molar-refractivity contribution in [2.45, 2.75) is 30.7 Å². The number of carboxylic acid groups (broad SMARTS) is 1. The van der Waals surface area contributed by atoms with Gasteiger partial charge in [-0.05, 0) is 66.9 Å². The Bertz CT molecular complexity index is 1040. The molecule has 1 aromatic heterocycles. The lowest BCUT2D eigenvalue weighted by molar-refractivity contribution is -0.139. The summed E-state index contributed by atoms with van der Waals surface area (Å²) in [6.45, 7) is 3.43. The fourth-order valence-corrected chi connectivity index (χ4v) is 5.08. The van der Waals surface area contributed by atoms with E-state index < -0.39 is 17.7 Å². The standard InChI is InChI=1S/C22H19F3O3S2/c1-13-9-17(7-8-19(13)28-11-20(26)27)29-12-18-10-14(2)21(30-18)15-3-5-16(6-4-15)22(23,24)25/h3-10H,11-12H2,1-2H3,(H,26,27). The van der Waals surface area contributed by atoms with Crippen molar-refractivity contribution in [1.82, 2.24) is 0 Å². The highest BCUT2D eigenvalue weighted by Crippen LogP contribution is 2.37. The lowest BCUT2D eigenvalue weighted by Crippen LogP contribution is -2.09. The lowest BCUT2D eigenvalue weighted by Gasteiger charge is -2.08. The summed E-state index contributed by atoms with van der Waals surface area (Å²) in [4.78, 5) is 13.7. The number of alkyl halides is 3. The third-order valence-electron chi connectivity index (χ3n) is 4.32. The van der Waals surface area contributed by atoms with E-state index in [-0.39, 0.29) is 6.61 Å². The molecule has 0 aliphatic carbocycles. The Hall–Kier alpha value is -2.45. The number of carbonyl (C=O) groups is 1. The van der Waals surface area contributed by atoms with Gasteiger partial charge in [-0.15, -0.1) is 23.1 Å². The molecular weight excluding hydrogens is 433 g/mol. The Labute approximate surface area is 180 Å². The van der Waals surface area contributed by atoms with Crippen molar-refractivity contribution in [1.29, 1.82) is 0 Å². The molecule has 0 atom stereocenters. The second-order valence-electron chi connectivity index (χ2n) is 6.70. The predicted molar refractivity (Wildman–Crippen MR) is 113 cm³/mol. The minimum atomic E-state index is -4.34. The highest BCUT2D eigenvalue weighted by molar-refractivity contribution is 7.98. The number of thioether (sulfide) groups is 1. The van der Waals surface area contributed by atoms with E-state index >= 15 is 0 Å². The van der Waals surface area contributed by atoms with Crippen LogP contribution in [0.2, 0.25) is 0 Å². The first-order valence-corrected chi connectivity index (χ1v) is 10.8. The smallest absolute Gasteiger partial charge is 0.416 e. The number of benzene rings is 2. The molecule has 0 saturated heterocycles. The van der Waals surface area contributed by atoms with Gasteiger partial charge in [-0.2, -0.15) is 13.2 Å². The Kier molecular flexibility index (Phi) is 6.77. The Morgan fingerprint density at radius 1 is 1.07 bits per heavy atom. The predicted octanol–water partition coefficient (Wildman–Crippen LogP) is 6.81. The zero-order chi connectivity index (χ0) is 21.9. The maximum atomic E-state index is 12.8. The zero-order valence-electron chi connectivity index (χ0n) is 16.2. The maximum absolute atomic E-state index is 12.8. The molecule has 8 heteroatoms. The van der Waals surface area contributed by atoms with Crippen LogP contribution >= 0.6 is 23.1 Å². The lowest BCUT2D eigenvalue weighted by atomic mass is 10.1. The number of halogens is 3. The van der Waals surface area contributed by atoms with Gasteiger partial charge in [0, 0.05) is 20.4 Å². The van der Waals surface area contributed by atoms with E-state index in [0.29, 0.717) is 5.75 Å². The summed E-state index contributed by atoms with van der Waals surface area (Å²) in [5.41, 5.74) is 2.01. The van der Waals surface area contributed by atoms with Crippen molar-refractivity contribution < 1.29 is 27.8 Å². The van der Waals surface area contributed by atoms with Gasteiger partial charge in [-0.3, -0.25) is 0 Å². The summed E-state index contributed by atoms with van der Waals surface area (Å²) < 4.78 is 43.5. The molecule has 0 spiro atoms. The molecular formula is C22H19F3O3S2. The normalized spacial score (nSPS) is 11.5. The number of aliphatic carboxylic acids is 1. The molecule has 3 rings (SSSR count). The van der Waals surface area contributed by atoms with Crippen LogP contribution in [0.25, 0.3) is 10.4 Å². The summed E-state index contributed by atoms with van der Waals surface area (Å²) in [7, 11) is 0.